The van der Waals surface area contributed by atoms with Crippen molar-refractivity contribution >= 4 is 64.8 Å². The first-order valence-corrected chi connectivity index (χ1v) is 37.8. The highest BCUT2D eigenvalue weighted by molar-refractivity contribution is 8.00. The molecule has 6 fully saturated rings. The average Bonchev–Trinajstić information content (AvgIpc) is 1.72. The minimum atomic E-state index is -1.66. The fourth-order valence-corrected chi connectivity index (χ4v) is 15.5. The summed E-state index contributed by atoms with van der Waals surface area (Å²) < 4.78 is 47.3. The number of amides is 9. The Morgan fingerprint density at radius 1 is 0.514 bits per heavy atom. The minimum absolute atomic E-state index is 0.0289. The molecule has 1 aromatic rings. The van der Waals surface area contributed by atoms with Crippen molar-refractivity contribution in [3.05, 3.63) is 53.1 Å². The standard InChI is InChI=1S/C67H107N15O26S/c1-32(87)70-49-55(94)53(92)42(27-83)103-65(49)107-59-44(29-85)105-63(51(57(59)96)72-34(3)89)101-18-12-6-5-10-16-81-25-39(77-79-81)23-68-61(98)36-20-37(22-38(21-36)74-47(91)15-9-8-14-46-48-41(31-109-46)75-67(100)76-48)62(99)69-24-40-26-82(80-78-40)17-11-7-13-19-102-64-52(73-35(4)90)58(97)60(45(30-86)106-64)108-66-50(71-33(2)88)56(95)54(93)43(28-84)104-66/h20-22,25-26,41-46,48-60,63-66,77-80,83-86,92-97H,5-19,23-24,27-31H2,1-4H3,(H,68,98)(H,69,99)(H,70,87)(H,71,88)(H,72,89)(H,73,90)(H,74,91)(H2,75,76,100)/t41-,42?,43?,44?,45?,46-,48-,49?,50?,51+,52?,53+,54+,55-,56-,57?,58-,59+,60+,63-,64-,65+,66+/m1/s1. The first kappa shape index (κ1) is 86.0. The monoisotopic (exact) mass is 1570 g/mol. The number of anilines is 1. The van der Waals surface area contributed by atoms with Gasteiger partial charge >= 0.3 is 6.03 Å². The van der Waals surface area contributed by atoms with Gasteiger partial charge in [-0.05, 0) is 63.1 Å². The number of hydrogen-bond acceptors (Lipinski definition) is 33. The Hall–Kier alpha value is -6.99. The van der Waals surface area contributed by atoms with Crippen molar-refractivity contribution in [2.45, 2.75) is 238 Å². The Morgan fingerprint density at radius 2 is 0.936 bits per heavy atom. The molecule has 0 aliphatic carbocycles. The van der Waals surface area contributed by atoms with E-state index in [-0.39, 0.29) is 78.8 Å². The number of thioether (sulfide) groups is 1. The van der Waals surface area contributed by atoms with Crippen molar-refractivity contribution in [3.63, 3.8) is 0 Å². The summed E-state index contributed by atoms with van der Waals surface area (Å²) in [6.07, 6.45) is -13.1. The zero-order valence-electron chi connectivity index (χ0n) is 61.0. The Balaban J connectivity index is 0.721. The predicted octanol–water partition coefficient (Wildman–Crippen LogP) is -7.27. The first-order chi connectivity index (χ1) is 52.2. The molecule has 0 radical (unpaired) electrons. The van der Waals surface area contributed by atoms with Crippen molar-refractivity contribution in [2.24, 2.45) is 0 Å². The summed E-state index contributed by atoms with van der Waals surface area (Å²) in [7, 11) is 0. The van der Waals surface area contributed by atoms with Gasteiger partial charge in [-0.25, -0.2) is 4.79 Å². The van der Waals surface area contributed by atoms with E-state index < -0.39 is 184 Å². The molecule has 9 rings (SSSR count). The molecule has 0 bridgehead atoms. The maximum absolute atomic E-state index is 14.0. The van der Waals surface area contributed by atoms with Gasteiger partial charge in [0.25, 0.3) is 11.8 Å². The van der Waals surface area contributed by atoms with E-state index in [4.69, 9.17) is 37.9 Å². The van der Waals surface area contributed by atoms with Gasteiger partial charge in [0.2, 0.25) is 29.5 Å². The summed E-state index contributed by atoms with van der Waals surface area (Å²) in [5, 5.41) is 134. The second kappa shape index (κ2) is 41.5. The average molecular weight is 1570 g/mol. The number of nitrogens with zero attached hydrogens (tertiary/aromatic N) is 2. The summed E-state index contributed by atoms with van der Waals surface area (Å²) in [5.74, 6) is -2.91. The molecule has 23 atom stereocenters. The minimum Gasteiger partial charge on any atom is -0.394 e. The van der Waals surface area contributed by atoms with Crippen molar-refractivity contribution < 1.29 is 127 Å². The molecule has 109 heavy (non-hydrogen) atoms. The Morgan fingerprint density at radius 3 is 1.38 bits per heavy atom. The van der Waals surface area contributed by atoms with Gasteiger partial charge in [-0.1, -0.05) is 19.3 Å². The van der Waals surface area contributed by atoms with Crippen LogP contribution in [0.1, 0.15) is 119 Å². The van der Waals surface area contributed by atoms with E-state index in [0.717, 1.165) is 38.9 Å². The maximum Gasteiger partial charge on any atom is 0.315 e. The van der Waals surface area contributed by atoms with Gasteiger partial charge in [0.05, 0.1) is 63.0 Å². The number of ether oxygens (including phenoxy) is 8. The quantitative estimate of drug-likeness (QED) is 0.0215. The number of benzene rings is 1. The lowest BCUT2D eigenvalue weighted by atomic mass is 9.94. The molecule has 1 aromatic carbocycles. The lowest BCUT2D eigenvalue weighted by Gasteiger charge is -2.48. The van der Waals surface area contributed by atoms with Crippen LogP contribution in [0.3, 0.4) is 0 Å². The van der Waals surface area contributed by atoms with E-state index in [1.807, 2.05) is 0 Å². The Kier molecular flexibility index (Phi) is 32.8. The molecule has 0 aromatic heterocycles. The summed E-state index contributed by atoms with van der Waals surface area (Å²) in [6.45, 7) is 3.24. The van der Waals surface area contributed by atoms with Crippen LogP contribution in [0.15, 0.2) is 42.0 Å². The van der Waals surface area contributed by atoms with Crippen LogP contribution < -0.4 is 69.8 Å². The smallest absolute Gasteiger partial charge is 0.315 e. The van der Waals surface area contributed by atoms with Crippen molar-refractivity contribution in [1.29, 1.82) is 0 Å². The molecule has 612 valence electrons. The number of unbranched alkanes of at least 4 members (excludes halogenated alkanes) is 6. The molecule has 9 amide bonds. The number of rotatable bonds is 39. The molecular weight excluding hydrogens is 1460 g/mol. The number of hydrogen-bond donors (Lipinski definition) is 23. The third-order valence-corrected chi connectivity index (χ3v) is 21.0. The van der Waals surface area contributed by atoms with Crippen LogP contribution in [0.5, 0.6) is 0 Å². The second-order valence-electron chi connectivity index (χ2n) is 27.9. The van der Waals surface area contributed by atoms with E-state index in [1.54, 1.807) is 34.2 Å². The summed E-state index contributed by atoms with van der Waals surface area (Å²) in [6, 6.07) is -0.844. The number of fused-ring (bicyclic) bond motifs is 1. The first-order valence-electron chi connectivity index (χ1n) is 36.7. The largest absolute Gasteiger partial charge is 0.394 e. The maximum atomic E-state index is 14.0. The number of urea groups is 1. The zero-order chi connectivity index (χ0) is 78.6. The topological polar surface area (TPSA) is 576 Å². The zero-order valence-corrected chi connectivity index (χ0v) is 61.8. The Bertz CT molecular complexity index is 3290. The third-order valence-electron chi connectivity index (χ3n) is 19.5. The van der Waals surface area contributed by atoms with Gasteiger partial charge in [0, 0.05) is 101 Å². The molecule has 8 heterocycles. The van der Waals surface area contributed by atoms with E-state index in [2.05, 4.69) is 69.8 Å². The molecule has 8 aliphatic heterocycles. The van der Waals surface area contributed by atoms with Crippen LogP contribution in [0.2, 0.25) is 0 Å². The molecule has 8 unspecified atom stereocenters. The van der Waals surface area contributed by atoms with Gasteiger partial charge in [-0.3, -0.25) is 43.6 Å². The van der Waals surface area contributed by atoms with Crippen LogP contribution in [-0.2, 0) is 61.9 Å². The molecule has 6 saturated heterocycles. The highest BCUT2D eigenvalue weighted by Crippen LogP contribution is 2.35. The van der Waals surface area contributed by atoms with Crippen LogP contribution in [-0.4, -0.2) is 320 Å². The van der Waals surface area contributed by atoms with Crippen LogP contribution in [0.4, 0.5) is 10.5 Å². The normalized spacial score (nSPS) is 32.8. The van der Waals surface area contributed by atoms with Gasteiger partial charge < -0.3 is 148 Å². The lowest BCUT2D eigenvalue weighted by Crippen LogP contribution is -2.69. The summed E-state index contributed by atoms with van der Waals surface area (Å²) in [4.78, 5) is 102. The molecule has 0 saturated carbocycles. The number of carbonyl (C=O) groups is 8. The van der Waals surface area contributed by atoms with E-state index >= 15 is 0 Å². The fraction of sp³-hybridized carbons (Fsp3) is 0.731. The summed E-state index contributed by atoms with van der Waals surface area (Å²) >= 11 is 1.79. The molecule has 23 N–H and O–H groups in total. The highest BCUT2D eigenvalue weighted by atomic mass is 32.2. The van der Waals surface area contributed by atoms with Gasteiger partial charge in [-0.15, -0.1) is 11.1 Å². The third kappa shape index (κ3) is 23.8. The molecule has 0 spiro atoms. The lowest BCUT2D eigenvalue weighted by molar-refractivity contribution is -0.332. The van der Waals surface area contributed by atoms with Crippen LogP contribution in [0, 0.1) is 0 Å². The van der Waals surface area contributed by atoms with Crippen LogP contribution >= 0.6 is 11.8 Å². The molecule has 41 nitrogen and oxygen atoms in total. The van der Waals surface area contributed by atoms with Gasteiger partial charge in [0.1, 0.15) is 97.4 Å². The van der Waals surface area contributed by atoms with Crippen molar-refractivity contribution in [2.75, 3.05) is 76.9 Å². The van der Waals surface area contributed by atoms with Gasteiger partial charge in [-0.2, -0.15) is 11.8 Å². The second-order valence-corrected chi connectivity index (χ2v) is 29.2. The molecule has 8 aliphatic rings. The predicted molar refractivity (Wildman–Crippen MR) is 379 cm³/mol. The van der Waals surface area contributed by atoms with Crippen molar-refractivity contribution in [1.82, 2.24) is 74.5 Å². The Labute approximate surface area is 632 Å². The molecule has 42 heteroatoms. The SMILES string of the molecule is CC(=O)NC1[C@H](O[C@H]2C(CO)O[C@@H](OCCCCCCN3C=C(CNC(=O)c4cc(NC(=O)CCCC[C@H]5SC[C@H]6NC(=O)N[C@H]65)cc(C(=O)NCC5=CN(CCCCCO[C@@H]6OC(CO)[C@H](O[C@@H]7OC(CO)[C@H](O)[C@H](O)C7NC(C)=O)[C@H](O)C6NC(C)=O)NN5)c4)NN3)[C@@H](NC(C)=O)C2O)OC(CO)[C@H](O)[C@@H]1O. The van der Waals surface area contributed by atoms with E-state index in [1.165, 1.54) is 32.0 Å². The number of nitrogens with one attached hydrogen (secondary N) is 13. The fourth-order valence-electron chi connectivity index (χ4n) is 13.9. The number of carbonyl (C=O) groups excluding carboxylic acids is 8. The molecular formula is C67H107N15O26S. The summed E-state index contributed by atoms with van der Waals surface area (Å²) in [5.41, 5.74) is 13.8. The number of hydrazine groups is 4. The number of aliphatic hydroxyl groups is 10. The van der Waals surface area contributed by atoms with Crippen molar-refractivity contribution in [3.8, 4) is 0 Å². The van der Waals surface area contributed by atoms with Gasteiger partial charge in [0.15, 0.2) is 25.2 Å². The number of aliphatic hydroxyl groups excluding tert-OH is 10. The highest BCUT2D eigenvalue weighted by Gasteiger charge is 2.54. The van der Waals surface area contributed by atoms with E-state index in [9.17, 15) is 89.4 Å². The van der Waals surface area contributed by atoms with Crippen LogP contribution in [0.25, 0.3) is 0 Å². The van der Waals surface area contributed by atoms with E-state index in [0.29, 0.717) is 69.4 Å².